The largest absolute Gasteiger partial charge is 0.480 e. The Bertz CT molecular complexity index is 1140. The molecule has 2 aromatic heterocycles. The second kappa shape index (κ2) is 6.75. The number of rotatable bonds is 4. The maximum absolute atomic E-state index is 12.5. The van der Waals surface area contributed by atoms with E-state index in [9.17, 15) is 19.5 Å². The number of dihydropyridines is 1. The number of nitrogens with zero attached hydrogens (tertiary/aromatic N) is 2. The van der Waals surface area contributed by atoms with Crippen LogP contribution in [0.3, 0.4) is 0 Å². The van der Waals surface area contributed by atoms with Crippen LogP contribution in [0, 0.1) is 11.8 Å². The second-order valence-corrected chi connectivity index (χ2v) is 7.78. The summed E-state index contributed by atoms with van der Waals surface area (Å²) in [6.45, 7) is 3.74. The van der Waals surface area contributed by atoms with Crippen molar-refractivity contribution < 1.29 is 14.7 Å². The van der Waals surface area contributed by atoms with Gasteiger partial charge in [0, 0.05) is 41.0 Å². The van der Waals surface area contributed by atoms with Crippen molar-refractivity contribution in [1.29, 1.82) is 0 Å². The first-order valence-electron chi connectivity index (χ1n) is 8.71. The topological polar surface area (TPSA) is 113 Å². The Labute approximate surface area is 163 Å². The normalized spacial score (nSPS) is 19.2. The molecule has 3 heterocycles. The van der Waals surface area contributed by atoms with Gasteiger partial charge in [0.05, 0.1) is 16.8 Å². The van der Waals surface area contributed by atoms with E-state index in [-0.39, 0.29) is 28.9 Å². The van der Waals surface area contributed by atoms with Gasteiger partial charge in [-0.1, -0.05) is 6.58 Å². The number of aliphatic imine (C=N–C) groups is 1. The molecule has 0 bridgehead atoms. The zero-order valence-electron chi connectivity index (χ0n) is 15.1. The number of hydrogen-bond donors (Lipinski definition) is 3. The fourth-order valence-corrected chi connectivity index (χ4v) is 3.95. The van der Waals surface area contributed by atoms with Crippen molar-refractivity contribution in [3.8, 4) is 0 Å². The summed E-state index contributed by atoms with van der Waals surface area (Å²) in [4.78, 5) is 40.5. The molecule has 0 saturated heterocycles. The molecule has 1 aliphatic carbocycles. The summed E-state index contributed by atoms with van der Waals surface area (Å²) in [5, 5.41) is 17.7. The van der Waals surface area contributed by atoms with Gasteiger partial charge in [-0.05, 0) is 18.9 Å². The van der Waals surface area contributed by atoms with E-state index in [1.54, 1.807) is 18.6 Å². The lowest BCUT2D eigenvalue weighted by Gasteiger charge is -2.23. The number of carboxylic acid groups (broad SMARTS) is 1. The number of aromatic nitrogens is 1. The van der Waals surface area contributed by atoms with Crippen LogP contribution in [-0.2, 0) is 16.6 Å². The minimum absolute atomic E-state index is 0.0122. The summed E-state index contributed by atoms with van der Waals surface area (Å²) in [6.07, 6.45) is 4.86. The number of carbonyl (C=O) groups excluding carboxylic acids is 1. The first kappa shape index (κ1) is 18.2. The van der Waals surface area contributed by atoms with Crippen LogP contribution in [0.5, 0.6) is 0 Å². The number of hydrogen-bond acceptors (Lipinski definition) is 6. The number of anilines is 1. The van der Waals surface area contributed by atoms with Gasteiger partial charge >= 0.3 is 5.97 Å². The molecule has 1 amide bonds. The summed E-state index contributed by atoms with van der Waals surface area (Å²) in [7, 11) is 1.66. The van der Waals surface area contributed by atoms with Crippen molar-refractivity contribution in [2.75, 3.05) is 5.32 Å². The number of amides is 1. The fraction of sp³-hybridized carbons (Fsp3) is 0.263. The van der Waals surface area contributed by atoms with Crippen LogP contribution in [-0.4, -0.2) is 27.4 Å². The van der Waals surface area contributed by atoms with Gasteiger partial charge in [0.25, 0.3) is 5.56 Å². The first-order valence-corrected chi connectivity index (χ1v) is 9.59. The number of fused-ring (bicyclic) bond motifs is 1. The zero-order valence-corrected chi connectivity index (χ0v) is 15.9. The van der Waals surface area contributed by atoms with Gasteiger partial charge in [0.15, 0.2) is 0 Å². The van der Waals surface area contributed by atoms with Crippen molar-refractivity contribution in [3.63, 3.8) is 0 Å². The molecule has 1 fully saturated rings. The minimum atomic E-state index is -1.12. The maximum Gasteiger partial charge on any atom is 0.318 e. The van der Waals surface area contributed by atoms with E-state index in [0.29, 0.717) is 16.8 Å². The molecular formula is C19H18N4O4S. The van der Waals surface area contributed by atoms with E-state index in [1.165, 1.54) is 22.0 Å². The molecule has 0 spiro atoms. The van der Waals surface area contributed by atoms with Crippen LogP contribution >= 0.6 is 11.3 Å². The van der Waals surface area contributed by atoms with Crippen LogP contribution < -0.4 is 16.2 Å². The molecular weight excluding hydrogens is 380 g/mol. The van der Waals surface area contributed by atoms with Crippen LogP contribution in [0.1, 0.15) is 12.8 Å². The number of nitrogens with one attached hydrogen (secondary N) is 2. The van der Waals surface area contributed by atoms with Gasteiger partial charge < -0.3 is 20.3 Å². The Balaban J connectivity index is 1.71. The molecule has 8 nitrogen and oxygen atoms in total. The van der Waals surface area contributed by atoms with Crippen LogP contribution in [0.2, 0.25) is 0 Å². The number of thiophene rings is 1. The van der Waals surface area contributed by atoms with Crippen LogP contribution in [0.15, 0.2) is 51.5 Å². The molecule has 2 aliphatic rings. The molecule has 0 aromatic carbocycles. The highest BCUT2D eigenvalue weighted by molar-refractivity contribution is 7.17. The third-order valence-electron chi connectivity index (χ3n) is 4.73. The lowest BCUT2D eigenvalue weighted by Crippen LogP contribution is -2.35. The van der Waals surface area contributed by atoms with E-state index in [0.717, 1.165) is 17.5 Å². The number of carboxylic acids is 1. The third-order valence-corrected chi connectivity index (χ3v) is 5.68. The Kier molecular flexibility index (Phi) is 4.38. The predicted octanol–water partition coefficient (Wildman–Crippen LogP) is 2.05. The molecule has 0 radical (unpaired) electrons. The zero-order chi connectivity index (χ0) is 20.0. The van der Waals surface area contributed by atoms with Crippen molar-refractivity contribution in [2.24, 2.45) is 23.9 Å². The maximum atomic E-state index is 12.5. The molecule has 144 valence electrons. The number of aliphatic carboxylic acids is 1. The monoisotopic (exact) mass is 398 g/mol. The second-order valence-electron chi connectivity index (χ2n) is 6.87. The Hall–Kier alpha value is -3.20. The van der Waals surface area contributed by atoms with E-state index in [2.05, 4.69) is 22.2 Å². The van der Waals surface area contributed by atoms with Gasteiger partial charge in [0.2, 0.25) is 5.91 Å². The number of carbonyl (C=O) groups is 2. The number of aryl methyl sites for hydroxylation is 1. The highest BCUT2D eigenvalue weighted by Gasteiger charge is 2.33. The van der Waals surface area contributed by atoms with Crippen LogP contribution in [0.4, 0.5) is 5.69 Å². The summed E-state index contributed by atoms with van der Waals surface area (Å²) < 4.78 is 2.26. The molecule has 4 rings (SSSR count). The van der Waals surface area contributed by atoms with E-state index >= 15 is 0 Å². The summed E-state index contributed by atoms with van der Waals surface area (Å²) >= 11 is 1.39. The number of amidine groups is 1. The molecule has 2 aromatic rings. The first-order chi connectivity index (χ1) is 13.3. The molecule has 1 saturated carbocycles. The quantitative estimate of drug-likeness (QED) is 0.730. The lowest BCUT2D eigenvalue weighted by atomic mass is 9.99. The van der Waals surface area contributed by atoms with E-state index in [4.69, 9.17) is 0 Å². The molecule has 1 unspecified atom stereocenters. The molecule has 3 N–H and O–H groups in total. The van der Waals surface area contributed by atoms with Gasteiger partial charge in [-0.15, -0.1) is 11.3 Å². The third kappa shape index (κ3) is 3.24. The summed E-state index contributed by atoms with van der Waals surface area (Å²) in [5.74, 6) is -2.11. The van der Waals surface area contributed by atoms with Crippen molar-refractivity contribution >= 4 is 44.8 Å². The van der Waals surface area contributed by atoms with Gasteiger partial charge in [-0.25, -0.2) is 4.99 Å². The molecule has 28 heavy (non-hydrogen) atoms. The number of pyridine rings is 1. The van der Waals surface area contributed by atoms with Crippen LogP contribution in [0.25, 0.3) is 10.1 Å². The fourth-order valence-electron chi connectivity index (χ4n) is 3.07. The highest BCUT2D eigenvalue weighted by atomic mass is 32.1. The van der Waals surface area contributed by atoms with Gasteiger partial charge in [0.1, 0.15) is 11.8 Å². The van der Waals surface area contributed by atoms with Gasteiger partial charge in [-0.3, -0.25) is 14.4 Å². The summed E-state index contributed by atoms with van der Waals surface area (Å²) in [5.41, 5.74) is 0.737. The standard InChI is InChI=1S/C19H18N4O4S/c1-9-15(19(26)27)11(7-14(20-9)22-17(24)10-3-4-10)21-12-8-28-13-5-6-23(2)18(25)16(12)13/h5-8,10,15,21H,1,3-4H2,2H3,(H,26,27)(H,20,22,24). The Morgan fingerprint density at radius 2 is 2.14 bits per heavy atom. The van der Waals surface area contributed by atoms with E-state index in [1.807, 2.05) is 6.07 Å². The van der Waals surface area contributed by atoms with Gasteiger partial charge in [-0.2, -0.15) is 0 Å². The van der Waals surface area contributed by atoms with Crippen molar-refractivity contribution in [1.82, 2.24) is 9.88 Å². The average molecular weight is 398 g/mol. The van der Waals surface area contributed by atoms with Crippen molar-refractivity contribution in [3.05, 3.63) is 52.0 Å². The smallest absolute Gasteiger partial charge is 0.318 e. The van der Waals surface area contributed by atoms with Crippen molar-refractivity contribution in [2.45, 2.75) is 12.8 Å². The Morgan fingerprint density at radius 1 is 1.39 bits per heavy atom. The predicted molar refractivity (Wildman–Crippen MR) is 107 cm³/mol. The lowest BCUT2D eigenvalue weighted by molar-refractivity contribution is -0.139. The highest BCUT2D eigenvalue weighted by Crippen LogP contribution is 2.33. The van der Waals surface area contributed by atoms with E-state index < -0.39 is 11.9 Å². The molecule has 1 aliphatic heterocycles. The SMILES string of the molecule is C=C1N=C(NC(=O)C2CC2)C=C(Nc2csc3ccn(C)c(=O)c23)C1C(=O)O. The summed E-state index contributed by atoms with van der Waals surface area (Å²) in [6, 6.07) is 1.83. The minimum Gasteiger partial charge on any atom is -0.480 e. The molecule has 9 heteroatoms. The molecule has 1 atom stereocenters. The Morgan fingerprint density at radius 3 is 2.82 bits per heavy atom. The average Bonchev–Trinajstić information content (AvgIpc) is 3.40.